The van der Waals surface area contributed by atoms with Gasteiger partial charge < -0.3 is 9.84 Å². The van der Waals surface area contributed by atoms with Crippen molar-refractivity contribution in [1.29, 1.82) is 0 Å². The topological polar surface area (TPSA) is 95.9 Å². The summed E-state index contributed by atoms with van der Waals surface area (Å²) in [5, 5.41) is 9.81. The Morgan fingerprint density at radius 3 is 2.61 bits per heavy atom. The van der Waals surface area contributed by atoms with Crippen LogP contribution >= 0.6 is 0 Å². The van der Waals surface area contributed by atoms with Gasteiger partial charge in [0.1, 0.15) is 23.6 Å². The molecule has 0 radical (unpaired) electrons. The molecule has 0 unspecified atom stereocenters. The molecule has 1 amide bonds. The lowest BCUT2D eigenvalue weighted by atomic mass is 10.1. The van der Waals surface area contributed by atoms with E-state index in [0.717, 1.165) is 6.07 Å². The second kappa shape index (κ2) is 5.72. The number of carbonyl (C=O) groups excluding carboxylic acids is 1. The summed E-state index contributed by atoms with van der Waals surface area (Å²) < 4.78 is 45.5. The number of phenolic OH excluding ortho intramolecular Hbond substituents is 1. The van der Waals surface area contributed by atoms with Crippen molar-refractivity contribution in [3.63, 3.8) is 0 Å². The number of phenols is 1. The van der Waals surface area contributed by atoms with E-state index in [-0.39, 0.29) is 5.56 Å². The standard InChI is InChI=1S/C14H15FN2O5S/c1-14(2,22-3)7-6-9-4-5-10(18)13(12(9)15)17-8-11(19)16-23(17,20)21/h4-5,18H,8H2,1-3H3,(H,16,19). The summed E-state index contributed by atoms with van der Waals surface area (Å²) in [5.41, 5.74) is -1.58. The van der Waals surface area contributed by atoms with E-state index < -0.39 is 45.5 Å². The molecule has 0 spiro atoms. The van der Waals surface area contributed by atoms with Crippen molar-refractivity contribution < 1.29 is 27.4 Å². The minimum Gasteiger partial charge on any atom is -0.506 e. The maximum Gasteiger partial charge on any atom is 0.326 e. The first-order valence-corrected chi connectivity index (χ1v) is 7.94. The molecule has 23 heavy (non-hydrogen) atoms. The predicted octanol–water partition coefficient (Wildman–Crippen LogP) is 0.489. The van der Waals surface area contributed by atoms with Crippen molar-refractivity contribution in [3.05, 3.63) is 23.5 Å². The van der Waals surface area contributed by atoms with Crippen LogP contribution in [0.2, 0.25) is 0 Å². The maximum absolute atomic E-state index is 14.6. The second-order valence-corrected chi connectivity index (χ2v) is 6.89. The fourth-order valence-electron chi connectivity index (χ4n) is 1.80. The van der Waals surface area contributed by atoms with Gasteiger partial charge >= 0.3 is 10.2 Å². The summed E-state index contributed by atoms with van der Waals surface area (Å²) in [6, 6.07) is 2.32. The van der Waals surface area contributed by atoms with Crippen molar-refractivity contribution in [2.45, 2.75) is 19.4 Å². The van der Waals surface area contributed by atoms with E-state index in [1.165, 1.54) is 13.2 Å². The molecule has 2 N–H and O–H groups in total. The molecule has 9 heteroatoms. The van der Waals surface area contributed by atoms with Gasteiger partial charge in [-0.1, -0.05) is 11.8 Å². The van der Waals surface area contributed by atoms with Gasteiger partial charge in [0.15, 0.2) is 5.82 Å². The number of halogens is 1. The summed E-state index contributed by atoms with van der Waals surface area (Å²) in [6.45, 7) is 2.73. The third-order valence-electron chi connectivity index (χ3n) is 3.17. The zero-order valence-electron chi connectivity index (χ0n) is 12.7. The number of hydrogen-bond donors (Lipinski definition) is 2. The Hall–Kier alpha value is -2.31. The highest BCUT2D eigenvalue weighted by molar-refractivity contribution is 7.92. The fourth-order valence-corrected chi connectivity index (χ4v) is 2.97. The number of carbonyl (C=O) groups is 1. The van der Waals surface area contributed by atoms with Crippen LogP contribution in [0.15, 0.2) is 12.1 Å². The molecule has 1 aliphatic rings. The van der Waals surface area contributed by atoms with E-state index in [0.29, 0.717) is 4.31 Å². The van der Waals surface area contributed by atoms with Crippen LogP contribution in [0.25, 0.3) is 0 Å². The zero-order valence-corrected chi connectivity index (χ0v) is 13.5. The van der Waals surface area contributed by atoms with Crippen LogP contribution in [0.3, 0.4) is 0 Å². The number of amides is 1. The molecular formula is C14H15FN2O5S. The molecule has 0 aliphatic carbocycles. The van der Waals surface area contributed by atoms with Crippen molar-refractivity contribution in [3.8, 4) is 17.6 Å². The lowest BCUT2D eigenvalue weighted by Gasteiger charge is -2.18. The molecule has 1 saturated heterocycles. The van der Waals surface area contributed by atoms with Crippen LogP contribution in [0.5, 0.6) is 5.75 Å². The first-order valence-electron chi connectivity index (χ1n) is 6.50. The minimum atomic E-state index is -4.24. The van der Waals surface area contributed by atoms with Crippen LogP contribution < -0.4 is 9.03 Å². The molecule has 1 fully saturated rings. The number of anilines is 1. The maximum atomic E-state index is 14.6. The number of aromatic hydroxyl groups is 1. The third-order valence-corrected chi connectivity index (χ3v) is 4.55. The zero-order chi connectivity index (χ0) is 17.4. The Kier molecular flexibility index (Phi) is 4.24. The third kappa shape index (κ3) is 3.38. The van der Waals surface area contributed by atoms with Gasteiger partial charge in [-0.15, -0.1) is 0 Å². The smallest absolute Gasteiger partial charge is 0.326 e. The van der Waals surface area contributed by atoms with Crippen LogP contribution in [0.1, 0.15) is 19.4 Å². The lowest BCUT2D eigenvalue weighted by Crippen LogP contribution is -2.30. The highest BCUT2D eigenvalue weighted by atomic mass is 32.2. The number of methoxy groups -OCH3 is 1. The average Bonchev–Trinajstić information content (AvgIpc) is 2.71. The van der Waals surface area contributed by atoms with Gasteiger partial charge in [0.05, 0.1) is 5.56 Å². The summed E-state index contributed by atoms with van der Waals surface area (Å²) >= 11 is 0. The number of rotatable bonds is 2. The van der Waals surface area contributed by atoms with E-state index >= 15 is 0 Å². The molecule has 1 aromatic carbocycles. The molecule has 7 nitrogen and oxygen atoms in total. The molecular weight excluding hydrogens is 327 g/mol. The normalized spacial score (nSPS) is 16.7. The Labute approximate surface area is 133 Å². The largest absolute Gasteiger partial charge is 0.506 e. The van der Waals surface area contributed by atoms with E-state index in [1.807, 2.05) is 0 Å². The number of benzene rings is 1. The van der Waals surface area contributed by atoms with Crippen molar-refractivity contribution in [2.24, 2.45) is 0 Å². The fraction of sp³-hybridized carbons (Fsp3) is 0.357. The van der Waals surface area contributed by atoms with Gasteiger partial charge in [-0.25, -0.2) is 13.4 Å². The highest BCUT2D eigenvalue weighted by Gasteiger charge is 2.37. The number of ether oxygens (including phenoxy) is 1. The first-order chi connectivity index (χ1) is 10.6. The van der Waals surface area contributed by atoms with Crippen molar-refractivity contribution >= 4 is 21.8 Å². The Balaban J connectivity index is 2.55. The summed E-state index contributed by atoms with van der Waals surface area (Å²) in [6.07, 6.45) is 0. The number of hydrogen-bond acceptors (Lipinski definition) is 5. The minimum absolute atomic E-state index is 0.127. The van der Waals surface area contributed by atoms with Gasteiger partial charge in [-0.05, 0) is 26.0 Å². The van der Waals surface area contributed by atoms with Crippen molar-refractivity contribution in [2.75, 3.05) is 18.0 Å². The quantitative estimate of drug-likeness (QED) is 0.763. The number of nitrogens with zero attached hydrogens (tertiary/aromatic N) is 1. The van der Waals surface area contributed by atoms with Crippen LogP contribution in [0.4, 0.5) is 10.1 Å². The summed E-state index contributed by atoms with van der Waals surface area (Å²) in [5.74, 6) is 2.77. The molecule has 0 aromatic heterocycles. The molecule has 2 rings (SSSR count). The van der Waals surface area contributed by atoms with Crippen LogP contribution in [0, 0.1) is 17.7 Å². The summed E-state index contributed by atoms with van der Waals surface area (Å²) in [7, 11) is -2.79. The van der Waals surface area contributed by atoms with Gasteiger partial charge in [0, 0.05) is 7.11 Å². The molecule has 1 aliphatic heterocycles. The van der Waals surface area contributed by atoms with Gasteiger partial charge in [-0.2, -0.15) is 8.42 Å². The molecule has 0 bridgehead atoms. The first kappa shape index (κ1) is 17.1. The second-order valence-electron chi connectivity index (χ2n) is 5.30. The Morgan fingerprint density at radius 2 is 2.09 bits per heavy atom. The Bertz CT molecular complexity index is 824. The van der Waals surface area contributed by atoms with E-state index in [4.69, 9.17) is 4.74 Å². The molecule has 124 valence electrons. The van der Waals surface area contributed by atoms with E-state index in [9.17, 15) is 22.7 Å². The van der Waals surface area contributed by atoms with E-state index in [2.05, 4.69) is 11.8 Å². The lowest BCUT2D eigenvalue weighted by molar-refractivity contribution is -0.117. The molecule has 1 aromatic rings. The molecule has 1 heterocycles. The summed E-state index contributed by atoms with van der Waals surface area (Å²) in [4.78, 5) is 11.3. The SMILES string of the molecule is COC(C)(C)C#Cc1ccc(O)c(N2CC(=O)NS2(=O)=O)c1F. The Morgan fingerprint density at radius 1 is 1.43 bits per heavy atom. The highest BCUT2D eigenvalue weighted by Crippen LogP contribution is 2.34. The molecule has 0 saturated carbocycles. The van der Waals surface area contributed by atoms with Gasteiger partial charge in [0.25, 0.3) is 5.91 Å². The average molecular weight is 342 g/mol. The predicted molar refractivity (Wildman–Crippen MR) is 80.4 cm³/mol. The van der Waals surface area contributed by atoms with Crippen LogP contribution in [-0.2, 0) is 19.7 Å². The van der Waals surface area contributed by atoms with Gasteiger partial charge in [0.2, 0.25) is 0 Å². The molecule has 0 atom stereocenters. The van der Waals surface area contributed by atoms with Gasteiger partial charge in [-0.3, -0.25) is 4.79 Å². The van der Waals surface area contributed by atoms with E-state index in [1.54, 1.807) is 18.6 Å². The van der Waals surface area contributed by atoms with Crippen LogP contribution in [-0.4, -0.2) is 38.7 Å². The monoisotopic (exact) mass is 342 g/mol. The van der Waals surface area contributed by atoms with Crippen molar-refractivity contribution in [1.82, 2.24) is 4.72 Å². The number of nitrogens with one attached hydrogen (secondary N) is 1.